The summed E-state index contributed by atoms with van der Waals surface area (Å²) in [6.07, 6.45) is 1.68. The first-order valence-electron chi connectivity index (χ1n) is 6.10. The summed E-state index contributed by atoms with van der Waals surface area (Å²) in [5, 5.41) is 9.13. The first kappa shape index (κ1) is 14.6. The van der Waals surface area contributed by atoms with Crippen molar-refractivity contribution < 1.29 is 9.90 Å². The summed E-state index contributed by atoms with van der Waals surface area (Å²) in [5.74, 6) is -0.995. The third-order valence-corrected chi connectivity index (χ3v) is 3.56. The predicted octanol–water partition coefficient (Wildman–Crippen LogP) is 3.11. The number of rotatable bonds is 3. The molecule has 6 heteroatoms. The van der Waals surface area contributed by atoms with E-state index in [-0.39, 0.29) is 0 Å². The van der Waals surface area contributed by atoms with Crippen LogP contribution in [0.4, 0.5) is 0 Å². The number of carboxylic acids is 1. The maximum atomic E-state index is 11.1. The molecule has 0 saturated carbocycles. The van der Waals surface area contributed by atoms with Crippen molar-refractivity contribution in [2.45, 2.75) is 26.7 Å². The van der Waals surface area contributed by atoms with Gasteiger partial charge in [-0.1, -0.05) is 0 Å². The van der Waals surface area contributed by atoms with Crippen LogP contribution in [0.15, 0.2) is 22.8 Å². The van der Waals surface area contributed by atoms with Crippen LogP contribution in [0.25, 0.3) is 11.5 Å². The second-order valence-corrected chi connectivity index (χ2v) is 5.47. The van der Waals surface area contributed by atoms with Gasteiger partial charge in [0.2, 0.25) is 0 Å². The van der Waals surface area contributed by atoms with Crippen molar-refractivity contribution in [2.24, 2.45) is 0 Å². The number of carboxylic acid groups (broad SMARTS) is 1. The number of hydrogen-bond donors (Lipinski definition) is 1. The van der Waals surface area contributed by atoms with Crippen molar-refractivity contribution in [3.63, 3.8) is 0 Å². The topological polar surface area (TPSA) is 76.0 Å². The van der Waals surface area contributed by atoms with Gasteiger partial charge in [0.15, 0.2) is 5.82 Å². The summed E-state index contributed by atoms with van der Waals surface area (Å²) < 4.78 is 0.880. The van der Waals surface area contributed by atoms with E-state index in [2.05, 4.69) is 30.9 Å². The van der Waals surface area contributed by atoms with E-state index in [1.165, 1.54) is 0 Å². The molecule has 0 spiro atoms. The molecule has 2 aromatic rings. The molecule has 2 rings (SSSR count). The number of carbonyl (C=O) groups is 1. The Labute approximate surface area is 125 Å². The fraction of sp³-hybridized carbons (Fsp3) is 0.286. The zero-order valence-electron chi connectivity index (χ0n) is 11.4. The van der Waals surface area contributed by atoms with E-state index in [1.807, 2.05) is 12.1 Å². The van der Waals surface area contributed by atoms with E-state index in [0.717, 1.165) is 4.47 Å². The number of aryl methyl sites for hydroxylation is 2. The summed E-state index contributed by atoms with van der Waals surface area (Å²) in [6.45, 7) is 5.23. The highest BCUT2D eigenvalue weighted by Crippen LogP contribution is 2.24. The van der Waals surface area contributed by atoms with Crippen LogP contribution in [0.1, 0.15) is 29.8 Å². The van der Waals surface area contributed by atoms with Crippen molar-refractivity contribution >= 4 is 21.9 Å². The molecule has 1 atom stereocenters. The molecule has 0 amide bonds. The van der Waals surface area contributed by atoms with Gasteiger partial charge in [0.25, 0.3) is 0 Å². The largest absolute Gasteiger partial charge is 0.481 e. The van der Waals surface area contributed by atoms with Crippen LogP contribution in [0.2, 0.25) is 0 Å². The fourth-order valence-corrected chi connectivity index (χ4v) is 2.33. The number of aliphatic carboxylic acids is 1. The minimum Gasteiger partial charge on any atom is -0.481 e. The van der Waals surface area contributed by atoms with Gasteiger partial charge in [-0.3, -0.25) is 9.78 Å². The molecule has 0 saturated heterocycles. The molecule has 0 aliphatic carbocycles. The van der Waals surface area contributed by atoms with Gasteiger partial charge in [0.05, 0.1) is 5.92 Å². The highest BCUT2D eigenvalue weighted by atomic mass is 79.9. The Kier molecular flexibility index (Phi) is 4.13. The van der Waals surface area contributed by atoms with Crippen molar-refractivity contribution in [1.82, 2.24) is 15.0 Å². The van der Waals surface area contributed by atoms with Gasteiger partial charge in [-0.2, -0.15) is 0 Å². The van der Waals surface area contributed by atoms with Gasteiger partial charge in [0, 0.05) is 27.6 Å². The molecule has 0 bridgehead atoms. The van der Waals surface area contributed by atoms with Crippen LogP contribution in [0, 0.1) is 13.8 Å². The van der Waals surface area contributed by atoms with Crippen LogP contribution in [0.3, 0.4) is 0 Å². The first-order valence-corrected chi connectivity index (χ1v) is 6.89. The molecule has 0 aliphatic heterocycles. The number of halogens is 1. The molecule has 104 valence electrons. The zero-order valence-corrected chi connectivity index (χ0v) is 13.0. The van der Waals surface area contributed by atoms with E-state index in [0.29, 0.717) is 28.5 Å². The zero-order chi connectivity index (χ0) is 14.9. The van der Waals surface area contributed by atoms with E-state index < -0.39 is 11.9 Å². The molecule has 0 aromatic carbocycles. The van der Waals surface area contributed by atoms with Crippen LogP contribution < -0.4 is 0 Å². The molecule has 0 aliphatic rings. The Morgan fingerprint density at radius 1 is 1.25 bits per heavy atom. The van der Waals surface area contributed by atoms with Crippen molar-refractivity contribution in [2.75, 3.05) is 0 Å². The molecular formula is C14H14BrN3O2. The van der Waals surface area contributed by atoms with Gasteiger partial charge in [-0.15, -0.1) is 0 Å². The summed E-state index contributed by atoms with van der Waals surface area (Å²) >= 11 is 3.32. The normalized spacial score (nSPS) is 12.2. The maximum absolute atomic E-state index is 11.1. The third kappa shape index (κ3) is 2.85. The lowest BCUT2D eigenvalue weighted by Crippen LogP contribution is -2.13. The number of pyridine rings is 1. The lowest BCUT2D eigenvalue weighted by molar-refractivity contribution is -0.138. The average Bonchev–Trinajstić information content (AvgIpc) is 2.38. The molecule has 0 radical (unpaired) electrons. The lowest BCUT2D eigenvalue weighted by Gasteiger charge is -2.13. The van der Waals surface area contributed by atoms with E-state index in [4.69, 9.17) is 5.11 Å². The average molecular weight is 336 g/mol. The second-order valence-electron chi connectivity index (χ2n) is 4.55. The fourth-order valence-electron chi connectivity index (χ4n) is 2.10. The Bertz CT molecular complexity index is 633. The highest BCUT2D eigenvalue weighted by molar-refractivity contribution is 9.10. The number of aromatic nitrogens is 3. The van der Waals surface area contributed by atoms with Crippen molar-refractivity contribution in [3.05, 3.63) is 39.8 Å². The summed E-state index contributed by atoms with van der Waals surface area (Å²) in [5.41, 5.74) is 2.67. The Morgan fingerprint density at radius 3 is 2.30 bits per heavy atom. The van der Waals surface area contributed by atoms with Crippen molar-refractivity contribution in [1.29, 1.82) is 0 Å². The van der Waals surface area contributed by atoms with Crippen LogP contribution in [-0.2, 0) is 4.79 Å². The predicted molar refractivity (Wildman–Crippen MR) is 78.5 cm³/mol. The smallest absolute Gasteiger partial charge is 0.310 e. The third-order valence-electron chi connectivity index (χ3n) is 3.09. The molecule has 2 heterocycles. The molecule has 1 unspecified atom stereocenters. The molecule has 0 fully saturated rings. The standard InChI is InChI=1S/C14H14BrN3O2/c1-7(14(19)20)12-8(2)17-13(18-9(12)3)11-5-4-10(15)6-16-11/h4-7H,1-3H3,(H,19,20). The second kappa shape index (κ2) is 5.66. The Balaban J connectivity index is 2.50. The Morgan fingerprint density at radius 2 is 1.85 bits per heavy atom. The number of nitrogens with zero attached hydrogens (tertiary/aromatic N) is 3. The maximum Gasteiger partial charge on any atom is 0.310 e. The van der Waals surface area contributed by atoms with Gasteiger partial charge in [0.1, 0.15) is 5.69 Å². The SMILES string of the molecule is Cc1nc(-c2ccc(Br)cn2)nc(C)c1C(C)C(=O)O. The first-order chi connectivity index (χ1) is 9.40. The Hall–Kier alpha value is -1.82. The monoisotopic (exact) mass is 335 g/mol. The molecule has 2 aromatic heterocycles. The van der Waals surface area contributed by atoms with Crippen molar-refractivity contribution in [3.8, 4) is 11.5 Å². The van der Waals surface area contributed by atoms with E-state index >= 15 is 0 Å². The summed E-state index contributed by atoms with van der Waals surface area (Å²) in [6, 6.07) is 3.68. The van der Waals surface area contributed by atoms with E-state index in [9.17, 15) is 4.79 Å². The molecular weight excluding hydrogens is 322 g/mol. The quantitative estimate of drug-likeness (QED) is 0.932. The van der Waals surface area contributed by atoms with Crippen LogP contribution >= 0.6 is 15.9 Å². The van der Waals surface area contributed by atoms with Crippen LogP contribution in [0.5, 0.6) is 0 Å². The summed E-state index contributed by atoms with van der Waals surface area (Å²) in [7, 11) is 0. The minimum absolute atomic E-state index is 0.508. The molecule has 5 nitrogen and oxygen atoms in total. The van der Waals surface area contributed by atoms with Crippen LogP contribution in [-0.4, -0.2) is 26.0 Å². The van der Waals surface area contributed by atoms with Gasteiger partial charge in [-0.05, 0) is 48.8 Å². The molecule has 1 N–H and O–H groups in total. The molecule has 20 heavy (non-hydrogen) atoms. The van der Waals surface area contributed by atoms with E-state index in [1.54, 1.807) is 27.0 Å². The minimum atomic E-state index is -0.880. The van der Waals surface area contributed by atoms with Gasteiger partial charge < -0.3 is 5.11 Å². The van der Waals surface area contributed by atoms with Gasteiger partial charge in [-0.25, -0.2) is 9.97 Å². The summed E-state index contributed by atoms with van der Waals surface area (Å²) in [4.78, 5) is 24.1. The highest BCUT2D eigenvalue weighted by Gasteiger charge is 2.21. The number of hydrogen-bond acceptors (Lipinski definition) is 4. The van der Waals surface area contributed by atoms with Gasteiger partial charge >= 0.3 is 5.97 Å². The lowest BCUT2D eigenvalue weighted by atomic mass is 9.98.